The largest absolute Gasteiger partial charge is 0.418 e. The molecule has 1 heterocycles. The van der Waals surface area contributed by atoms with Gasteiger partial charge in [-0.15, -0.1) is 0 Å². The molecule has 0 aliphatic heterocycles. The SMILES string of the molecule is O=C(Nc1ccc([N+](=O)[O-])cn1)Oc1ccccc1. The minimum absolute atomic E-state index is 0.151. The van der Waals surface area contributed by atoms with Crippen molar-refractivity contribution >= 4 is 17.6 Å². The summed E-state index contributed by atoms with van der Waals surface area (Å²) >= 11 is 0. The van der Waals surface area contributed by atoms with Gasteiger partial charge in [-0.25, -0.2) is 9.78 Å². The average Bonchev–Trinajstić information content (AvgIpc) is 2.40. The lowest BCUT2D eigenvalue weighted by molar-refractivity contribution is -0.385. The third-order valence-corrected chi connectivity index (χ3v) is 2.14. The van der Waals surface area contributed by atoms with Crippen LogP contribution in [0.15, 0.2) is 48.7 Å². The van der Waals surface area contributed by atoms with E-state index >= 15 is 0 Å². The highest BCUT2D eigenvalue weighted by Crippen LogP contribution is 2.13. The van der Waals surface area contributed by atoms with E-state index in [1.165, 1.54) is 12.1 Å². The van der Waals surface area contributed by atoms with E-state index in [1.807, 2.05) is 0 Å². The number of ether oxygens (including phenoxy) is 1. The summed E-state index contributed by atoms with van der Waals surface area (Å²) < 4.78 is 4.97. The fraction of sp³-hybridized carbons (Fsp3) is 0. The topological polar surface area (TPSA) is 94.4 Å². The third kappa shape index (κ3) is 3.50. The first-order valence-corrected chi connectivity index (χ1v) is 5.29. The molecule has 0 bridgehead atoms. The predicted octanol–water partition coefficient (Wildman–Crippen LogP) is 2.60. The van der Waals surface area contributed by atoms with Crippen molar-refractivity contribution in [2.45, 2.75) is 0 Å². The van der Waals surface area contributed by atoms with E-state index in [-0.39, 0.29) is 11.5 Å². The Morgan fingerprint density at radius 3 is 2.53 bits per heavy atom. The lowest BCUT2D eigenvalue weighted by Crippen LogP contribution is -2.17. The molecule has 96 valence electrons. The molecule has 0 radical (unpaired) electrons. The van der Waals surface area contributed by atoms with Crippen molar-refractivity contribution in [1.29, 1.82) is 0 Å². The number of amides is 1. The van der Waals surface area contributed by atoms with Gasteiger partial charge in [0.25, 0.3) is 5.69 Å². The standard InChI is InChI=1S/C12H9N3O4/c16-12(19-10-4-2-1-3-5-10)14-11-7-6-9(8-13-11)15(17)18/h1-8H,(H,13,14,16). The van der Waals surface area contributed by atoms with Gasteiger partial charge in [0, 0.05) is 6.07 Å². The molecular formula is C12H9N3O4. The highest BCUT2D eigenvalue weighted by Gasteiger charge is 2.08. The van der Waals surface area contributed by atoms with Crippen LogP contribution in [0, 0.1) is 10.1 Å². The van der Waals surface area contributed by atoms with E-state index in [1.54, 1.807) is 30.3 Å². The van der Waals surface area contributed by atoms with Gasteiger partial charge in [0.05, 0.1) is 4.92 Å². The first-order valence-electron chi connectivity index (χ1n) is 5.29. The second-order valence-corrected chi connectivity index (χ2v) is 3.49. The number of carbonyl (C=O) groups is 1. The fourth-order valence-electron chi connectivity index (χ4n) is 1.29. The highest BCUT2D eigenvalue weighted by molar-refractivity contribution is 5.85. The van der Waals surface area contributed by atoms with Gasteiger partial charge >= 0.3 is 6.09 Å². The first kappa shape index (κ1) is 12.5. The molecule has 7 nitrogen and oxygen atoms in total. The molecule has 0 spiro atoms. The molecule has 0 unspecified atom stereocenters. The summed E-state index contributed by atoms with van der Waals surface area (Å²) in [5.74, 6) is 0.563. The van der Waals surface area contributed by atoms with Gasteiger partial charge in [-0.1, -0.05) is 18.2 Å². The molecular weight excluding hydrogens is 250 g/mol. The molecule has 0 aliphatic carbocycles. The number of nitrogens with one attached hydrogen (secondary N) is 1. The molecule has 1 aromatic heterocycles. The molecule has 0 aliphatic rings. The lowest BCUT2D eigenvalue weighted by Gasteiger charge is -2.05. The van der Waals surface area contributed by atoms with E-state index in [4.69, 9.17) is 4.74 Å². The molecule has 0 atom stereocenters. The Kier molecular flexibility index (Phi) is 3.67. The van der Waals surface area contributed by atoms with Crippen molar-refractivity contribution in [1.82, 2.24) is 4.98 Å². The van der Waals surface area contributed by atoms with Crippen LogP contribution in [-0.4, -0.2) is 16.0 Å². The number of hydrogen-bond donors (Lipinski definition) is 1. The van der Waals surface area contributed by atoms with Crippen molar-refractivity contribution in [2.75, 3.05) is 5.32 Å². The number of para-hydroxylation sites is 1. The van der Waals surface area contributed by atoms with Crippen LogP contribution in [0.4, 0.5) is 16.3 Å². The van der Waals surface area contributed by atoms with Crippen molar-refractivity contribution < 1.29 is 14.5 Å². The number of rotatable bonds is 3. The first-order chi connectivity index (χ1) is 9.15. The summed E-state index contributed by atoms with van der Waals surface area (Å²) in [6.45, 7) is 0. The highest BCUT2D eigenvalue weighted by atomic mass is 16.6. The number of anilines is 1. The van der Waals surface area contributed by atoms with Gasteiger partial charge in [-0.05, 0) is 18.2 Å². The Hall–Kier alpha value is -2.96. The normalized spacial score (nSPS) is 9.68. The Bertz CT molecular complexity index is 584. The number of aromatic nitrogens is 1. The van der Waals surface area contributed by atoms with Crippen LogP contribution in [0.25, 0.3) is 0 Å². The van der Waals surface area contributed by atoms with Gasteiger partial charge in [-0.2, -0.15) is 0 Å². The molecule has 7 heteroatoms. The minimum Gasteiger partial charge on any atom is -0.410 e. The number of hydrogen-bond acceptors (Lipinski definition) is 5. The number of benzene rings is 1. The molecule has 0 saturated carbocycles. The molecule has 1 aromatic carbocycles. The van der Waals surface area contributed by atoms with Gasteiger partial charge in [0.1, 0.15) is 17.8 Å². The van der Waals surface area contributed by atoms with E-state index in [0.717, 1.165) is 6.20 Å². The van der Waals surface area contributed by atoms with Gasteiger partial charge in [0.2, 0.25) is 0 Å². The van der Waals surface area contributed by atoms with E-state index in [2.05, 4.69) is 10.3 Å². The van der Waals surface area contributed by atoms with Crippen LogP contribution < -0.4 is 10.1 Å². The van der Waals surface area contributed by atoms with Crippen LogP contribution in [-0.2, 0) is 0 Å². The summed E-state index contributed by atoms with van der Waals surface area (Å²) in [5.41, 5.74) is -0.151. The summed E-state index contributed by atoms with van der Waals surface area (Å²) in [5, 5.41) is 12.8. The molecule has 0 saturated heterocycles. The zero-order valence-corrected chi connectivity index (χ0v) is 9.65. The van der Waals surface area contributed by atoms with E-state index in [9.17, 15) is 14.9 Å². The Morgan fingerprint density at radius 2 is 1.95 bits per heavy atom. The average molecular weight is 259 g/mol. The van der Waals surface area contributed by atoms with E-state index in [0.29, 0.717) is 5.75 Å². The third-order valence-electron chi connectivity index (χ3n) is 2.14. The summed E-state index contributed by atoms with van der Waals surface area (Å²) in [7, 11) is 0. The Morgan fingerprint density at radius 1 is 1.21 bits per heavy atom. The molecule has 1 amide bonds. The van der Waals surface area contributed by atoms with Crippen molar-refractivity contribution in [3.05, 3.63) is 58.8 Å². The van der Waals surface area contributed by atoms with Crippen LogP contribution in [0.3, 0.4) is 0 Å². The zero-order valence-electron chi connectivity index (χ0n) is 9.65. The summed E-state index contributed by atoms with van der Waals surface area (Å²) in [6, 6.07) is 11.1. The van der Waals surface area contributed by atoms with Crippen LogP contribution in [0.5, 0.6) is 5.75 Å². The second kappa shape index (κ2) is 5.58. The molecule has 19 heavy (non-hydrogen) atoms. The number of carbonyl (C=O) groups excluding carboxylic acids is 1. The van der Waals surface area contributed by atoms with Crippen LogP contribution in [0.2, 0.25) is 0 Å². The summed E-state index contributed by atoms with van der Waals surface area (Å²) in [4.78, 5) is 25.1. The Balaban J connectivity index is 1.97. The van der Waals surface area contributed by atoms with Crippen LogP contribution >= 0.6 is 0 Å². The lowest BCUT2D eigenvalue weighted by atomic mass is 10.3. The molecule has 2 rings (SSSR count). The van der Waals surface area contributed by atoms with Gasteiger partial charge < -0.3 is 4.74 Å². The number of pyridine rings is 1. The zero-order chi connectivity index (χ0) is 13.7. The monoisotopic (exact) mass is 259 g/mol. The summed E-state index contributed by atoms with van der Waals surface area (Å²) in [6.07, 6.45) is 0.338. The fourth-order valence-corrected chi connectivity index (χ4v) is 1.29. The quantitative estimate of drug-likeness (QED) is 0.675. The smallest absolute Gasteiger partial charge is 0.410 e. The van der Waals surface area contributed by atoms with E-state index < -0.39 is 11.0 Å². The molecule has 2 aromatic rings. The minimum atomic E-state index is -0.715. The Labute approximate surface area is 108 Å². The van der Waals surface area contributed by atoms with Gasteiger partial charge in [0.15, 0.2) is 0 Å². The number of nitro groups is 1. The predicted molar refractivity (Wildman–Crippen MR) is 67.0 cm³/mol. The molecule has 1 N–H and O–H groups in total. The van der Waals surface area contributed by atoms with Crippen molar-refractivity contribution in [3.8, 4) is 5.75 Å². The maximum Gasteiger partial charge on any atom is 0.418 e. The second-order valence-electron chi connectivity index (χ2n) is 3.49. The van der Waals surface area contributed by atoms with Gasteiger partial charge in [-0.3, -0.25) is 15.4 Å². The molecule has 0 fully saturated rings. The van der Waals surface area contributed by atoms with Crippen molar-refractivity contribution in [3.63, 3.8) is 0 Å². The maximum atomic E-state index is 11.5. The van der Waals surface area contributed by atoms with Crippen molar-refractivity contribution in [2.24, 2.45) is 0 Å². The van der Waals surface area contributed by atoms with Crippen LogP contribution in [0.1, 0.15) is 0 Å². The number of nitrogens with zero attached hydrogens (tertiary/aromatic N) is 2. The maximum absolute atomic E-state index is 11.5.